The van der Waals surface area contributed by atoms with E-state index in [0.717, 1.165) is 29.7 Å². The second-order valence-electron chi connectivity index (χ2n) is 9.64. The maximum absolute atomic E-state index is 11.5. The number of allylic oxidation sites excluding steroid dienone is 1. The molecular formula is C24H34O4. The average molecular weight is 387 g/mol. The first-order valence-corrected chi connectivity index (χ1v) is 10.6. The number of carboxylic acid groups (broad SMARTS) is 1. The zero-order chi connectivity index (χ0) is 20.7. The third kappa shape index (κ3) is 3.78. The zero-order valence-electron chi connectivity index (χ0n) is 17.8. The van der Waals surface area contributed by atoms with Crippen LogP contribution in [0.15, 0.2) is 23.8 Å². The van der Waals surface area contributed by atoms with E-state index in [4.69, 9.17) is 4.74 Å². The van der Waals surface area contributed by atoms with Crippen molar-refractivity contribution in [2.45, 2.75) is 90.1 Å². The molecule has 0 unspecified atom stereocenters. The lowest BCUT2D eigenvalue weighted by Crippen LogP contribution is -2.46. The third-order valence-corrected chi connectivity index (χ3v) is 6.76. The molecule has 0 bridgehead atoms. The van der Waals surface area contributed by atoms with Gasteiger partial charge in [-0.3, -0.25) is 0 Å². The molecule has 0 radical (unpaired) electrons. The van der Waals surface area contributed by atoms with Crippen LogP contribution in [0.1, 0.15) is 90.2 Å². The first kappa shape index (κ1) is 20.8. The summed E-state index contributed by atoms with van der Waals surface area (Å²) >= 11 is 0. The molecule has 0 saturated carbocycles. The summed E-state index contributed by atoms with van der Waals surface area (Å²) in [7, 11) is 0. The molecule has 1 heterocycles. The smallest absolute Gasteiger partial charge is 0.331 e. The van der Waals surface area contributed by atoms with Crippen molar-refractivity contribution in [1.82, 2.24) is 0 Å². The molecule has 1 aliphatic carbocycles. The Bertz CT molecular complexity index is 788. The van der Waals surface area contributed by atoms with Gasteiger partial charge in [-0.05, 0) is 56.2 Å². The number of phenols is 1. The zero-order valence-corrected chi connectivity index (χ0v) is 17.8. The molecule has 0 spiro atoms. The number of ether oxygens (including phenoxy) is 1. The molecule has 0 aromatic heterocycles. The highest BCUT2D eigenvalue weighted by molar-refractivity contribution is 5.87. The molecule has 1 aromatic carbocycles. The Hall–Kier alpha value is -1.97. The standard InChI is InChI=1S/C24H34O4/c1-6-7-8-11-23(2,3)16-13-19(25)21-17-12-15(22(26)27)9-10-18(17)24(4,5)28-20(21)14-16/h9,13-14,17-18,25H,6-8,10-12H2,1-5H3,(H,26,27)/t17-,18-/m1/s1. The van der Waals surface area contributed by atoms with Gasteiger partial charge in [-0.2, -0.15) is 0 Å². The Morgan fingerprint density at radius 2 is 2.00 bits per heavy atom. The van der Waals surface area contributed by atoms with Crippen molar-refractivity contribution in [3.8, 4) is 11.5 Å². The van der Waals surface area contributed by atoms with Crippen molar-refractivity contribution >= 4 is 5.97 Å². The number of hydrogen-bond donors (Lipinski definition) is 2. The van der Waals surface area contributed by atoms with Gasteiger partial charge in [0.1, 0.15) is 17.1 Å². The Kier molecular flexibility index (Phi) is 5.53. The van der Waals surface area contributed by atoms with Crippen LogP contribution in [0.25, 0.3) is 0 Å². The number of phenolic OH excluding ortho intramolecular Hbond substituents is 1. The Morgan fingerprint density at radius 3 is 2.64 bits per heavy atom. The van der Waals surface area contributed by atoms with E-state index in [1.54, 1.807) is 0 Å². The van der Waals surface area contributed by atoms with Crippen molar-refractivity contribution in [2.24, 2.45) is 5.92 Å². The lowest BCUT2D eigenvalue weighted by molar-refractivity contribution is -0.133. The molecule has 0 fully saturated rings. The highest BCUT2D eigenvalue weighted by Gasteiger charge is 2.47. The van der Waals surface area contributed by atoms with E-state index in [2.05, 4.69) is 40.7 Å². The van der Waals surface area contributed by atoms with Gasteiger partial charge in [0.2, 0.25) is 0 Å². The number of fused-ring (bicyclic) bond motifs is 3. The van der Waals surface area contributed by atoms with E-state index in [1.807, 2.05) is 12.1 Å². The minimum absolute atomic E-state index is 0.0351. The first-order valence-electron chi connectivity index (χ1n) is 10.6. The Labute approximate surface area is 168 Å². The van der Waals surface area contributed by atoms with Gasteiger partial charge in [-0.15, -0.1) is 0 Å². The van der Waals surface area contributed by atoms with Crippen molar-refractivity contribution in [1.29, 1.82) is 0 Å². The van der Waals surface area contributed by atoms with Crippen LogP contribution in [0.4, 0.5) is 0 Å². The molecule has 0 amide bonds. The van der Waals surface area contributed by atoms with E-state index in [9.17, 15) is 15.0 Å². The van der Waals surface area contributed by atoms with Crippen LogP contribution >= 0.6 is 0 Å². The minimum Gasteiger partial charge on any atom is -0.508 e. The molecule has 28 heavy (non-hydrogen) atoms. The van der Waals surface area contributed by atoms with Crippen molar-refractivity contribution < 1.29 is 19.7 Å². The summed E-state index contributed by atoms with van der Waals surface area (Å²) in [5, 5.41) is 20.4. The summed E-state index contributed by atoms with van der Waals surface area (Å²) < 4.78 is 6.39. The van der Waals surface area contributed by atoms with E-state index < -0.39 is 11.6 Å². The number of carboxylic acids is 1. The fraction of sp³-hybridized carbons (Fsp3) is 0.625. The van der Waals surface area contributed by atoms with Gasteiger partial charge in [-0.25, -0.2) is 4.79 Å². The molecule has 2 N–H and O–H groups in total. The van der Waals surface area contributed by atoms with Crippen LogP contribution in [-0.2, 0) is 10.2 Å². The second kappa shape index (κ2) is 7.46. The molecule has 3 rings (SSSR count). The number of unbranched alkanes of at least 4 members (excludes halogenated alkanes) is 2. The number of carbonyl (C=O) groups is 1. The predicted molar refractivity (Wildman–Crippen MR) is 111 cm³/mol. The summed E-state index contributed by atoms with van der Waals surface area (Å²) in [5.74, 6) is 0.214. The van der Waals surface area contributed by atoms with Crippen molar-refractivity contribution in [3.63, 3.8) is 0 Å². The number of aromatic hydroxyl groups is 1. The van der Waals surface area contributed by atoms with Gasteiger partial charge in [-0.1, -0.05) is 46.1 Å². The molecule has 1 aromatic rings. The third-order valence-electron chi connectivity index (χ3n) is 6.76. The summed E-state index contributed by atoms with van der Waals surface area (Å²) in [4.78, 5) is 11.5. The molecule has 4 nitrogen and oxygen atoms in total. The summed E-state index contributed by atoms with van der Waals surface area (Å²) in [6.07, 6.45) is 7.52. The van der Waals surface area contributed by atoms with Gasteiger partial charge >= 0.3 is 5.97 Å². The fourth-order valence-electron chi connectivity index (χ4n) is 4.92. The summed E-state index contributed by atoms with van der Waals surface area (Å²) in [6, 6.07) is 3.96. The lowest BCUT2D eigenvalue weighted by Gasteiger charge is -2.47. The van der Waals surface area contributed by atoms with Crippen LogP contribution in [-0.4, -0.2) is 21.8 Å². The first-order chi connectivity index (χ1) is 13.1. The topological polar surface area (TPSA) is 66.8 Å². The van der Waals surface area contributed by atoms with Gasteiger partial charge in [0.15, 0.2) is 0 Å². The normalized spacial score (nSPS) is 23.2. The quantitative estimate of drug-likeness (QED) is 0.595. The van der Waals surface area contributed by atoms with Gasteiger partial charge in [0, 0.05) is 23.0 Å². The number of aliphatic carboxylic acids is 1. The highest BCUT2D eigenvalue weighted by Crippen LogP contribution is 2.55. The average Bonchev–Trinajstić information content (AvgIpc) is 2.60. The molecule has 154 valence electrons. The lowest BCUT2D eigenvalue weighted by atomic mass is 9.66. The van der Waals surface area contributed by atoms with Crippen LogP contribution in [0.3, 0.4) is 0 Å². The van der Waals surface area contributed by atoms with Crippen LogP contribution < -0.4 is 4.74 Å². The number of benzene rings is 1. The molecule has 1 aliphatic heterocycles. The number of hydrogen-bond acceptors (Lipinski definition) is 3. The van der Waals surface area contributed by atoms with Gasteiger partial charge in [0.05, 0.1) is 0 Å². The van der Waals surface area contributed by atoms with E-state index in [-0.39, 0.29) is 23.0 Å². The predicted octanol–water partition coefficient (Wildman–Crippen LogP) is 5.93. The Balaban J connectivity index is 2.00. The molecule has 0 saturated heterocycles. The maximum Gasteiger partial charge on any atom is 0.331 e. The summed E-state index contributed by atoms with van der Waals surface area (Å²) in [5.41, 5.74) is 1.84. The largest absolute Gasteiger partial charge is 0.508 e. The second-order valence-corrected chi connectivity index (χ2v) is 9.64. The number of rotatable bonds is 6. The van der Waals surface area contributed by atoms with Gasteiger partial charge < -0.3 is 14.9 Å². The van der Waals surface area contributed by atoms with Crippen LogP contribution in [0.2, 0.25) is 0 Å². The maximum atomic E-state index is 11.5. The highest BCUT2D eigenvalue weighted by atomic mass is 16.5. The van der Waals surface area contributed by atoms with Crippen molar-refractivity contribution in [3.05, 3.63) is 34.9 Å². The molecular weight excluding hydrogens is 352 g/mol. The fourth-order valence-corrected chi connectivity index (χ4v) is 4.92. The van der Waals surface area contributed by atoms with Crippen LogP contribution in [0, 0.1) is 5.92 Å². The van der Waals surface area contributed by atoms with Crippen molar-refractivity contribution in [2.75, 3.05) is 0 Å². The Morgan fingerprint density at radius 1 is 1.29 bits per heavy atom. The molecule has 2 aliphatic rings. The summed E-state index contributed by atoms with van der Waals surface area (Å²) in [6.45, 7) is 10.8. The van der Waals surface area contributed by atoms with E-state index in [1.165, 1.54) is 12.8 Å². The minimum atomic E-state index is -0.863. The SMILES string of the molecule is CCCCCC(C)(C)c1cc(O)c2c(c1)OC(C)(C)[C@@H]1CC=C(C(=O)O)C[C@@H]21. The monoisotopic (exact) mass is 386 g/mol. The van der Waals surface area contributed by atoms with Gasteiger partial charge in [0.25, 0.3) is 0 Å². The molecule has 2 atom stereocenters. The van der Waals surface area contributed by atoms with Crippen LogP contribution in [0.5, 0.6) is 11.5 Å². The van der Waals surface area contributed by atoms with E-state index >= 15 is 0 Å². The molecule has 4 heteroatoms. The van der Waals surface area contributed by atoms with E-state index in [0.29, 0.717) is 18.4 Å².